The van der Waals surface area contributed by atoms with Crippen LogP contribution in [0.25, 0.3) is 0 Å². The minimum absolute atomic E-state index is 0.0422. The van der Waals surface area contributed by atoms with E-state index in [1.165, 1.54) is 37.7 Å². The van der Waals surface area contributed by atoms with E-state index in [9.17, 15) is 9.90 Å². The number of ether oxygens (including phenoxy) is 2. The molecule has 2 aromatic carbocycles. The number of carbonyl (C=O) groups is 1. The summed E-state index contributed by atoms with van der Waals surface area (Å²) in [5, 5.41) is 13.7. The molecule has 40 heavy (non-hydrogen) atoms. The third-order valence-electron chi connectivity index (χ3n) is 7.96. The van der Waals surface area contributed by atoms with Crippen molar-refractivity contribution < 1.29 is 19.4 Å². The molecule has 0 bridgehead atoms. The van der Waals surface area contributed by atoms with Crippen LogP contribution >= 0.6 is 0 Å². The van der Waals surface area contributed by atoms with Crippen molar-refractivity contribution in [2.24, 2.45) is 17.6 Å². The number of aryl methyl sites for hydroxylation is 1. The van der Waals surface area contributed by atoms with Gasteiger partial charge in [-0.2, -0.15) is 0 Å². The largest absolute Gasteiger partial charge is 0.493 e. The maximum Gasteiger partial charge on any atom is 0.219 e. The Hall–Kier alpha value is -2.57. The number of hydrogen-bond donors (Lipinski definition) is 3. The van der Waals surface area contributed by atoms with Crippen LogP contribution in [0.1, 0.15) is 101 Å². The van der Waals surface area contributed by atoms with Crippen molar-refractivity contribution >= 4 is 5.91 Å². The smallest absolute Gasteiger partial charge is 0.219 e. The number of nitrogens with two attached hydrogens (primary N) is 1. The first kappa shape index (κ1) is 32.0. The van der Waals surface area contributed by atoms with E-state index in [0.717, 1.165) is 62.2 Å². The summed E-state index contributed by atoms with van der Waals surface area (Å²) in [6, 6.07) is 16.0. The Morgan fingerprint density at radius 1 is 1.00 bits per heavy atom. The van der Waals surface area contributed by atoms with E-state index in [0.29, 0.717) is 44.4 Å². The molecule has 2 atom stereocenters. The Kier molecular flexibility index (Phi) is 15.0. The molecular weight excluding hydrogens is 500 g/mol. The van der Waals surface area contributed by atoms with Gasteiger partial charge in [-0.25, -0.2) is 0 Å². The molecule has 0 aromatic heterocycles. The third kappa shape index (κ3) is 12.3. The van der Waals surface area contributed by atoms with Gasteiger partial charge in [-0.05, 0) is 105 Å². The molecule has 1 fully saturated rings. The molecule has 1 amide bonds. The van der Waals surface area contributed by atoms with Crippen molar-refractivity contribution in [2.75, 3.05) is 26.3 Å². The monoisotopic (exact) mass is 552 g/mol. The van der Waals surface area contributed by atoms with Crippen molar-refractivity contribution in [3.05, 3.63) is 59.7 Å². The van der Waals surface area contributed by atoms with Gasteiger partial charge in [-0.3, -0.25) is 4.79 Å². The number of rotatable bonds is 19. The molecule has 0 aliphatic heterocycles. The lowest BCUT2D eigenvalue weighted by molar-refractivity contribution is -0.121. The van der Waals surface area contributed by atoms with Gasteiger partial charge in [0.15, 0.2) is 0 Å². The zero-order chi connectivity index (χ0) is 28.4. The fraction of sp³-hybridized carbons (Fsp3) is 0.618. The summed E-state index contributed by atoms with van der Waals surface area (Å²) in [5.74, 6) is 2.84. The van der Waals surface area contributed by atoms with E-state index in [4.69, 9.17) is 15.2 Å². The molecule has 222 valence electrons. The van der Waals surface area contributed by atoms with E-state index in [1.54, 1.807) is 0 Å². The van der Waals surface area contributed by atoms with E-state index in [2.05, 4.69) is 24.4 Å². The zero-order valence-electron chi connectivity index (χ0n) is 24.6. The van der Waals surface area contributed by atoms with E-state index < -0.39 is 6.10 Å². The summed E-state index contributed by atoms with van der Waals surface area (Å²) in [7, 11) is 0. The minimum Gasteiger partial charge on any atom is -0.493 e. The average Bonchev–Trinajstić information content (AvgIpc) is 2.98. The topological polar surface area (TPSA) is 93.8 Å². The van der Waals surface area contributed by atoms with Crippen LogP contribution in [-0.2, 0) is 11.2 Å². The predicted molar refractivity (Wildman–Crippen MR) is 163 cm³/mol. The lowest BCUT2D eigenvalue weighted by Gasteiger charge is -2.22. The van der Waals surface area contributed by atoms with E-state index in [-0.39, 0.29) is 5.91 Å². The second kappa shape index (κ2) is 18.7. The Morgan fingerprint density at radius 2 is 1.77 bits per heavy atom. The molecule has 0 spiro atoms. The average molecular weight is 553 g/mol. The van der Waals surface area contributed by atoms with Gasteiger partial charge in [-0.15, -0.1) is 0 Å². The van der Waals surface area contributed by atoms with Crippen LogP contribution in [0.15, 0.2) is 48.5 Å². The van der Waals surface area contributed by atoms with Crippen LogP contribution < -0.4 is 20.5 Å². The fourth-order valence-electron chi connectivity index (χ4n) is 5.56. The van der Waals surface area contributed by atoms with Crippen LogP contribution in [0.4, 0.5) is 0 Å². The summed E-state index contributed by atoms with van der Waals surface area (Å²) in [5.41, 5.74) is 7.73. The van der Waals surface area contributed by atoms with Crippen molar-refractivity contribution in [1.29, 1.82) is 0 Å². The number of aliphatic hydroxyl groups is 1. The third-order valence-corrected chi connectivity index (χ3v) is 7.96. The van der Waals surface area contributed by atoms with Crippen LogP contribution in [0.3, 0.4) is 0 Å². The van der Waals surface area contributed by atoms with Crippen molar-refractivity contribution in [3.8, 4) is 11.5 Å². The van der Waals surface area contributed by atoms with Crippen molar-refractivity contribution in [2.45, 2.75) is 96.5 Å². The summed E-state index contributed by atoms with van der Waals surface area (Å²) in [4.78, 5) is 12.4. The van der Waals surface area contributed by atoms with Gasteiger partial charge in [0.05, 0.1) is 19.3 Å². The highest BCUT2D eigenvalue weighted by molar-refractivity contribution is 5.75. The quantitative estimate of drug-likeness (QED) is 0.179. The van der Waals surface area contributed by atoms with Gasteiger partial charge in [0.25, 0.3) is 0 Å². The maximum atomic E-state index is 12.4. The first-order valence-electron chi connectivity index (χ1n) is 15.7. The summed E-state index contributed by atoms with van der Waals surface area (Å²) < 4.78 is 12.1. The summed E-state index contributed by atoms with van der Waals surface area (Å²) >= 11 is 0. The van der Waals surface area contributed by atoms with Crippen molar-refractivity contribution in [1.82, 2.24) is 5.32 Å². The number of hydrogen-bond acceptors (Lipinski definition) is 5. The first-order chi connectivity index (χ1) is 19.6. The van der Waals surface area contributed by atoms with Gasteiger partial charge >= 0.3 is 0 Å². The minimum atomic E-state index is -0.626. The Labute approximate surface area is 242 Å². The van der Waals surface area contributed by atoms with Crippen LogP contribution in [0.2, 0.25) is 0 Å². The normalized spacial score (nSPS) is 15.4. The van der Waals surface area contributed by atoms with Crippen LogP contribution in [0.5, 0.6) is 11.5 Å². The Balaban J connectivity index is 1.32. The lowest BCUT2D eigenvalue weighted by Crippen LogP contribution is -2.25. The van der Waals surface area contributed by atoms with Gasteiger partial charge in [0.1, 0.15) is 11.5 Å². The van der Waals surface area contributed by atoms with Gasteiger partial charge < -0.3 is 25.6 Å². The molecule has 6 nitrogen and oxygen atoms in total. The molecule has 0 saturated heterocycles. The molecule has 1 aliphatic carbocycles. The number of amides is 1. The first-order valence-corrected chi connectivity index (χ1v) is 15.7. The van der Waals surface area contributed by atoms with E-state index >= 15 is 0 Å². The predicted octanol–water partition coefficient (Wildman–Crippen LogP) is 6.74. The molecule has 2 aromatic rings. The summed E-state index contributed by atoms with van der Waals surface area (Å²) in [6.07, 6.45) is 12.7. The number of benzene rings is 2. The Bertz CT molecular complexity index is 976. The molecule has 0 heterocycles. The second-order valence-corrected chi connectivity index (χ2v) is 11.4. The number of nitrogens with one attached hydrogen (secondary N) is 1. The molecule has 0 radical (unpaired) electrons. The van der Waals surface area contributed by atoms with Gasteiger partial charge in [0, 0.05) is 13.0 Å². The van der Waals surface area contributed by atoms with Gasteiger partial charge in [-0.1, -0.05) is 56.9 Å². The highest BCUT2D eigenvalue weighted by Crippen LogP contribution is 2.26. The summed E-state index contributed by atoms with van der Waals surface area (Å²) in [6.45, 7) is 4.77. The van der Waals surface area contributed by atoms with E-state index in [1.807, 2.05) is 36.4 Å². The molecule has 6 heteroatoms. The lowest BCUT2D eigenvalue weighted by atomic mass is 9.90. The zero-order valence-corrected chi connectivity index (χ0v) is 24.6. The number of aliphatic hydroxyl groups excluding tert-OH is 1. The molecule has 1 saturated carbocycles. The highest BCUT2D eigenvalue weighted by Gasteiger charge is 2.15. The SMILES string of the molecule is CCCC(CCCC(=O)NCCC(O)c1cccc(OCC2CCCCC2)c1)COc1cccc(CCCN)c1. The molecule has 4 N–H and O–H groups in total. The van der Waals surface area contributed by atoms with Gasteiger partial charge in [0.2, 0.25) is 5.91 Å². The molecular formula is C34H52N2O4. The Morgan fingerprint density at radius 3 is 2.55 bits per heavy atom. The molecule has 1 aliphatic rings. The standard InChI is InChI=1S/C34H52N2O4/c1-2-10-28(25-39-31-17-6-13-27(23-31)15-9-21-35)14-7-19-34(38)36-22-20-33(37)30-16-8-18-32(24-30)40-26-29-11-4-3-5-12-29/h6,8,13,16-18,23-24,28-29,33,37H,2-5,7,9-12,14-15,19-22,25-26,35H2,1H3,(H,36,38). The maximum absolute atomic E-state index is 12.4. The van der Waals surface area contributed by atoms with Crippen LogP contribution in [0, 0.1) is 11.8 Å². The van der Waals surface area contributed by atoms with Crippen LogP contribution in [-0.4, -0.2) is 37.3 Å². The molecule has 3 rings (SSSR count). The highest BCUT2D eigenvalue weighted by atomic mass is 16.5. The van der Waals surface area contributed by atoms with Crippen molar-refractivity contribution in [3.63, 3.8) is 0 Å². The second-order valence-electron chi connectivity index (χ2n) is 11.4. The number of carbonyl (C=O) groups excluding carboxylic acids is 1. The fourth-order valence-corrected chi connectivity index (χ4v) is 5.56. The molecule has 2 unspecified atom stereocenters.